The highest BCUT2D eigenvalue weighted by Crippen LogP contribution is 2.44. The zero-order valence-corrected chi connectivity index (χ0v) is 33.7. The maximum Gasteiger partial charge on any atom is 0.164 e. The first-order chi connectivity index (χ1) is 31.2. The third-order valence-electron chi connectivity index (χ3n) is 12.2. The van der Waals surface area contributed by atoms with Crippen LogP contribution in [0, 0.1) is 0 Å². The van der Waals surface area contributed by atoms with E-state index in [2.05, 4.69) is 150 Å². The second kappa shape index (κ2) is 14.0. The van der Waals surface area contributed by atoms with Crippen LogP contribution in [0.5, 0.6) is 0 Å². The Hall–Kier alpha value is -8.61. The molecule has 0 unspecified atom stereocenters. The van der Waals surface area contributed by atoms with E-state index in [4.69, 9.17) is 23.8 Å². The van der Waals surface area contributed by atoms with E-state index in [1.807, 2.05) is 60.7 Å². The molecule has 9 aromatic carbocycles. The van der Waals surface area contributed by atoms with E-state index < -0.39 is 0 Å². The van der Waals surface area contributed by atoms with Crippen molar-refractivity contribution in [1.82, 2.24) is 19.5 Å². The molecule has 0 amide bonds. The van der Waals surface area contributed by atoms with Crippen molar-refractivity contribution in [3.8, 4) is 62.1 Å². The molecule has 0 aliphatic heterocycles. The molecule has 4 aromatic heterocycles. The summed E-state index contributed by atoms with van der Waals surface area (Å²) in [5.74, 6) is 1.76. The van der Waals surface area contributed by atoms with Crippen molar-refractivity contribution in [1.29, 1.82) is 0 Å². The van der Waals surface area contributed by atoms with E-state index in [0.717, 1.165) is 99.5 Å². The summed E-state index contributed by atoms with van der Waals surface area (Å²) in [5, 5.41) is 6.45. The molecule has 6 nitrogen and oxygen atoms in total. The van der Waals surface area contributed by atoms with Gasteiger partial charge in [0, 0.05) is 55.1 Å². The average Bonchev–Trinajstić information content (AvgIpc) is 4.03. The van der Waals surface area contributed by atoms with Crippen molar-refractivity contribution in [2.75, 3.05) is 0 Å². The Morgan fingerprint density at radius 2 is 0.857 bits per heavy atom. The Labute approximate surface area is 361 Å². The van der Waals surface area contributed by atoms with E-state index in [9.17, 15) is 0 Å². The van der Waals surface area contributed by atoms with Crippen LogP contribution in [0.3, 0.4) is 0 Å². The van der Waals surface area contributed by atoms with E-state index in [1.54, 1.807) is 0 Å². The smallest absolute Gasteiger partial charge is 0.164 e. The van der Waals surface area contributed by atoms with Crippen LogP contribution in [0.25, 0.3) is 128 Å². The number of hydrogen-bond acceptors (Lipinski definition) is 5. The van der Waals surface area contributed by atoms with Gasteiger partial charge in [0.25, 0.3) is 0 Å². The summed E-state index contributed by atoms with van der Waals surface area (Å²) in [6.45, 7) is 0. The van der Waals surface area contributed by atoms with E-state index in [1.165, 1.54) is 10.8 Å². The second-order valence-corrected chi connectivity index (χ2v) is 15.9. The highest BCUT2D eigenvalue weighted by atomic mass is 16.3. The van der Waals surface area contributed by atoms with Gasteiger partial charge < -0.3 is 13.4 Å². The highest BCUT2D eigenvalue weighted by Gasteiger charge is 2.22. The number of nitrogens with zero attached hydrogens (tertiary/aromatic N) is 4. The molecular formula is C57H34N4O2. The van der Waals surface area contributed by atoms with Crippen LogP contribution in [0.15, 0.2) is 215 Å². The number of fused-ring (bicyclic) bond motifs is 9. The van der Waals surface area contributed by atoms with Gasteiger partial charge in [-0.15, -0.1) is 0 Å². The second-order valence-electron chi connectivity index (χ2n) is 15.9. The summed E-state index contributed by atoms with van der Waals surface area (Å²) in [4.78, 5) is 15.5. The molecule has 0 aliphatic carbocycles. The molecule has 0 bridgehead atoms. The van der Waals surface area contributed by atoms with Gasteiger partial charge in [-0.25, -0.2) is 15.0 Å². The zero-order valence-electron chi connectivity index (χ0n) is 33.7. The third-order valence-corrected chi connectivity index (χ3v) is 12.2. The number of hydrogen-bond donors (Lipinski definition) is 0. The van der Waals surface area contributed by atoms with Crippen LogP contribution >= 0.6 is 0 Å². The molecule has 13 aromatic rings. The predicted octanol–water partition coefficient (Wildman–Crippen LogP) is 15.1. The van der Waals surface area contributed by atoms with Crippen LogP contribution in [0.4, 0.5) is 0 Å². The number of furan rings is 2. The quantitative estimate of drug-likeness (QED) is 0.167. The summed E-state index contributed by atoms with van der Waals surface area (Å²) in [7, 11) is 0. The summed E-state index contributed by atoms with van der Waals surface area (Å²) in [5.41, 5.74) is 13.5. The lowest BCUT2D eigenvalue weighted by atomic mass is 9.96. The Kier molecular flexibility index (Phi) is 7.80. The van der Waals surface area contributed by atoms with Gasteiger partial charge in [0.15, 0.2) is 17.5 Å². The summed E-state index contributed by atoms with van der Waals surface area (Å²) in [6.07, 6.45) is 0. The van der Waals surface area contributed by atoms with Crippen LogP contribution in [-0.4, -0.2) is 19.5 Å². The SMILES string of the molecule is c1ccc(-c2cccc(-c3nc(-c4ccccc4)nc(-c4cccc5oc6ccc(-c7cc(-n8c9ccccc9c9ccccc98)cc8oc9ccccc9c78)cc6c45)n3)c2)cc1. The molecule has 4 heterocycles. The normalized spacial score (nSPS) is 11.8. The maximum absolute atomic E-state index is 6.67. The van der Waals surface area contributed by atoms with Crippen LogP contribution in [0.1, 0.15) is 0 Å². The van der Waals surface area contributed by atoms with Gasteiger partial charge in [-0.2, -0.15) is 0 Å². The third kappa shape index (κ3) is 5.69. The van der Waals surface area contributed by atoms with Gasteiger partial charge in [0.05, 0.1) is 16.7 Å². The Morgan fingerprint density at radius 3 is 1.63 bits per heavy atom. The first-order valence-electron chi connectivity index (χ1n) is 21.1. The number of rotatable bonds is 6. The first kappa shape index (κ1) is 35.2. The Morgan fingerprint density at radius 1 is 0.302 bits per heavy atom. The molecule has 0 saturated heterocycles. The fourth-order valence-electron chi connectivity index (χ4n) is 9.39. The van der Waals surface area contributed by atoms with Crippen molar-refractivity contribution in [2.24, 2.45) is 0 Å². The van der Waals surface area contributed by atoms with Crippen LogP contribution in [0.2, 0.25) is 0 Å². The molecule has 6 heteroatoms. The van der Waals surface area contributed by atoms with E-state index >= 15 is 0 Å². The zero-order chi connectivity index (χ0) is 41.4. The molecule has 0 aliphatic rings. The fraction of sp³-hybridized carbons (Fsp3) is 0. The lowest BCUT2D eigenvalue weighted by Crippen LogP contribution is -2.00. The summed E-state index contributed by atoms with van der Waals surface area (Å²) >= 11 is 0. The van der Waals surface area contributed by atoms with Crippen molar-refractivity contribution in [3.63, 3.8) is 0 Å². The van der Waals surface area contributed by atoms with Gasteiger partial charge in [0.2, 0.25) is 0 Å². The molecule has 0 atom stereocenters. The van der Waals surface area contributed by atoms with E-state index in [-0.39, 0.29) is 0 Å². The van der Waals surface area contributed by atoms with E-state index in [0.29, 0.717) is 17.5 Å². The minimum Gasteiger partial charge on any atom is -0.456 e. The number of benzene rings is 9. The van der Waals surface area contributed by atoms with Gasteiger partial charge >= 0.3 is 0 Å². The predicted molar refractivity (Wildman–Crippen MR) is 256 cm³/mol. The summed E-state index contributed by atoms with van der Waals surface area (Å²) < 4.78 is 15.6. The van der Waals surface area contributed by atoms with Crippen molar-refractivity contribution < 1.29 is 8.83 Å². The van der Waals surface area contributed by atoms with Gasteiger partial charge in [0.1, 0.15) is 22.3 Å². The van der Waals surface area contributed by atoms with Crippen LogP contribution in [-0.2, 0) is 0 Å². The van der Waals surface area contributed by atoms with Crippen molar-refractivity contribution in [3.05, 3.63) is 206 Å². The number of aromatic nitrogens is 4. The Bertz CT molecular complexity index is 3870. The van der Waals surface area contributed by atoms with Crippen LogP contribution < -0.4 is 0 Å². The topological polar surface area (TPSA) is 69.9 Å². The molecule has 0 saturated carbocycles. The summed E-state index contributed by atoms with van der Waals surface area (Å²) in [6, 6.07) is 71.5. The Balaban J connectivity index is 1.04. The molecule has 63 heavy (non-hydrogen) atoms. The maximum atomic E-state index is 6.67. The van der Waals surface area contributed by atoms with Gasteiger partial charge in [-0.3, -0.25) is 0 Å². The molecule has 0 radical (unpaired) electrons. The largest absolute Gasteiger partial charge is 0.456 e. The van der Waals surface area contributed by atoms with Crippen molar-refractivity contribution in [2.45, 2.75) is 0 Å². The highest BCUT2D eigenvalue weighted by molar-refractivity contribution is 6.17. The number of para-hydroxylation sites is 3. The first-order valence-corrected chi connectivity index (χ1v) is 21.1. The molecular weight excluding hydrogens is 773 g/mol. The van der Waals surface area contributed by atoms with Gasteiger partial charge in [-0.05, 0) is 70.8 Å². The molecule has 0 N–H and O–H groups in total. The lowest BCUT2D eigenvalue weighted by molar-refractivity contribution is 0.668. The standard InChI is InChI=1S/C57H34N4O2/c1-3-15-35(16-4-1)37-19-13-20-39(31-37)56-58-55(36-17-5-2-6-18-36)59-57(60-56)44-24-14-28-51-54(44)46-32-38(29-30-50(46)62-51)45-33-40(34-52-53(45)43-23-9-12-27-49(43)63-52)61-47-25-10-7-21-41(47)42-22-8-11-26-48(42)61/h1-34H. The lowest BCUT2D eigenvalue weighted by Gasteiger charge is -2.12. The van der Waals surface area contributed by atoms with Crippen molar-refractivity contribution >= 4 is 65.7 Å². The average molecular weight is 807 g/mol. The monoisotopic (exact) mass is 806 g/mol. The molecule has 0 spiro atoms. The fourth-order valence-corrected chi connectivity index (χ4v) is 9.39. The molecule has 0 fully saturated rings. The molecule has 294 valence electrons. The molecule has 13 rings (SSSR count). The minimum absolute atomic E-state index is 0.569. The minimum atomic E-state index is 0.569. The van der Waals surface area contributed by atoms with Gasteiger partial charge in [-0.1, -0.05) is 152 Å².